The van der Waals surface area contributed by atoms with E-state index in [1.165, 1.54) is 5.56 Å². The van der Waals surface area contributed by atoms with E-state index in [-0.39, 0.29) is 0 Å². The lowest BCUT2D eigenvalue weighted by molar-refractivity contribution is 0.0522. The van der Waals surface area contributed by atoms with Crippen LogP contribution in [0.4, 0.5) is 4.79 Å². The number of hydrogen-bond donors (Lipinski definition) is 2. The summed E-state index contributed by atoms with van der Waals surface area (Å²) in [6, 6.07) is 9.94. The van der Waals surface area contributed by atoms with Gasteiger partial charge in [0.2, 0.25) is 0 Å². The van der Waals surface area contributed by atoms with Crippen LogP contribution in [-0.2, 0) is 17.8 Å². The van der Waals surface area contributed by atoms with Crippen LogP contribution < -0.4 is 11.1 Å². The molecule has 0 fully saturated rings. The molecular weight excluding hydrogens is 404 g/mol. The van der Waals surface area contributed by atoms with Crippen LogP contribution in [0.2, 0.25) is 0 Å². The maximum Gasteiger partial charge on any atom is 0.407 e. The summed E-state index contributed by atoms with van der Waals surface area (Å²) in [4.78, 5) is 19.7. The number of nitrogens with two attached hydrogens (primary N) is 1. The largest absolute Gasteiger partial charge is 0.444 e. The van der Waals surface area contributed by atoms with Gasteiger partial charge in [0.1, 0.15) is 5.60 Å². The van der Waals surface area contributed by atoms with E-state index in [0.717, 1.165) is 22.4 Å². The Balaban J connectivity index is 0.000000224. The fourth-order valence-corrected chi connectivity index (χ4v) is 3.04. The highest BCUT2D eigenvalue weighted by Gasteiger charge is 2.15. The van der Waals surface area contributed by atoms with Crippen LogP contribution in [-0.4, -0.2) is 30.5 Å². The van der Waals surface area contributed by atoms with Crippen LogP contribution in [0.25, 0.3) is 11.0 Å². The zero-order valence-electron chi connectivity index (χ0n) is 19.2. The van der Waals surface area contributed by atoms with Crippen molar-refractivity contribution in [2.75, 3.05) is 0 Å². The summed E-state index contributed by atoms with van der Waals surface area (Å²) in [5, 5.41) is 2.73. The molecule has 4 aromatic rings. The maximum absolute atomic E-state index is 11.5. The van der Waals surface area contributed by atoms with Gasteiger partial charge in [0, 0.05) is 17.9 Å². The van der Waals surface area contributed by atoms with E-state index < -0.39 is 11.7 Å². The highest BCUT2D eigenvalue weighted by atomic mass is 16.6. The standard InChI is InChI=1S/C13H17N3O2.C9H11N3.C2H4/c1-13(2,3)18-12(17)15-8-11-6-4-5-10-7-14-9-16(10)11;1-7-2-3-8-5-11-6-12(8)9(7)4-10;1-2/h4-7,9H,8H2,1-3H3,(H,15,17);2-3,5-6H,4,10H2,1H3;1-2H2. The molecule has 4 heterocycles. The summed E-state index contributed by atoms with van der Waals surface area (Å²) in [7, 11) is 0. The van der Waals surface area contributed by atoms with Crippen molar-refractivity contribution >= 4 is 17.1 Å². The Bertz CT molecular complexity index is 1160. The number of alkyl carbamates (subject to hydrolysis) is 1. The van der Waals surface area contributed by atoms with Crippen molar-refractivity contribution in [1.29, 1.82) is 0 Å². The van der Waals surface area contributed by atoms with Gasteiger partial charge in [-0.15, -0.1) is 13.2 Å². The maximum atomic E-state index is 11.5. The predicted octanol–water partition coefficient (Wildman–Crippen LogP) is 4.26. The van der Waals surface area contributed by atoms with Crippen LogP contribution in [0.3, 0.4) is 0 Å². The summed E-state index contributed by atoms with van der Waals surface area (Å²) >= 11 is 0. The van der Waals surface area contributed by atoms with Crippen molar-refractivity contribution in [1.82, 2.24) is 24.1 Å². The molecular formula is C24H32N6O2. The number of rotatable bonds is 3. The molecule has 0 spiro atoms. The summed E-state index contributed by atoms with van der Waals surface area (Å²) in [5.74, 6) is 0. The number of nitrogens with zero attached hydrogens (tertiary/aromatic N) is 4. The summed E-state index contributed by atoms with van der Waals surface area (Å²) in [6.45, 7) is 14.5. The van der Waals surface area contributed by atoms with Crippen molar-refractivity contribution < 1.29 is 9.53 Å². The number of imidazole rings is 2. The van der Waals surface area contributed by atoms with E-state index in [4.69, 9.17) is 10.5 Å². The van der Waals surface area contributed by atoms with Crippen LogP contribution >= 0.6 is 0 Å². The second-order valence-corrected chi connectivity index (χ2v) is 7.92. The van der Waals surface area contributed by atoms with E-state index in [1.807, 2.05) is 60.0 Å². The molecule has 0 bridgehead atoms. The summed E-state index contributed by atoms with van der Waals surface area (Å²) in [5.41, 5.74) is 10.5. The SMILES string of the molecule is C=C.CC(C)(C)OC(=O)NCc1cccc2cncn12.Cc1ccc2cncn2c1CN. The van der Waals surface area contributed by atoms with Crippen molar-refractivity contribution in [3.05, 3.63) is 85.5 Å². The Morgan fingerprint density at radius 1 is 1.06 bits per heavy atom. The van der Waals surface area contributed by atoms with Gasteiger partial charge in [-0.1, -0.05) is 12.1 Å². The molecule has 0 unspecified atom stereocenters. The second-order valence-electron chi connectivity index (χ2n) is 7.92. The first-order valence-electron chi connectivity index (χ1n) is 10.3. The van der Waals surface area contributed by atoms with Gasteiger partial charge in [-0.3, -0.25) is 0 Å². The number of aryl methyl sites for hydroxylation is 1. The van der Waals surface area contributed by atoms with Gasteiger partial charge in [0.15, 0.2) is 0 Å². The number of aromatic nitrogens is 4. The number of carbonyl (C=O) groups excluding carboxylic acids is 1. The smallest absolute Gasteiger partial charge is 0.407 e. The number of nitrogens with one attached hydrogen (secondary N) is 1. The first kappa shape index (κ1) is 24.6. The third-order valence-corrected chi connectivity index (χ3v) is 4.46. The first-order chi connectivity index (χ1) is 15.3. The number of ether oxygens (including phenoxy) is 1. The lowest BCUT2D eigenvalue weighted by Crippen LogP contribution is -2.32. The Morgan fingerprint density at radius 2 is 1.69 bits per heavy atom. The van der Waals surface area contributed by atoms with E-state index in [1.54, 1.807) is 18.9 Å². The average Bonchev–Trinajstić information content (AvgIpc) is 3.42. The highest BCUT2D eigenvalue weighted by Crippen LogP contribution is 2.11. The highest BCUT2D eigenvalue weighted by molar-refractivity contribution is 5.67. The van der Waals surface area contributed by atoms with Gasteiger partial charge in [-0.05, 0) is 51.5 Å². The Hall–Kier alpha value is -3.65. The van der Waals surface area contributed by atoms with Gasteiger partial charge in [-0.25, -0.2) is 14.8 Å². The molecule has 0 aliphatic heterocycles. The average molecular weight is 437 g/mol. The third kappa shape index (κ3) is 6.42. The molecule has 0 aromatic carbocycles. The third-order valence-electron chi connectivity index (χ3n) is 4.46. The summed E-state index contributed by atoms with van der Waals surface area (Å²) < 4.78 is 9.13. The summed E-state index contributed by atoms with van der Waals surface area (Å²) in [6.07, 6.45) is 6.71. The number of hydrogen-bond acceptors (Lipinski definition) is 5. The number of amides is 1. The first-order valence-corrected chi connectivity index (χ1v) is 10.3. The molecule has 0 atom stereocenters. The second kappa shape index (κ2) is 11.1. The molecule has 0 aliphatic carbocycles. The molecule has 3 N–H and O–H groups in total. The predicted molar refractivity (Wildman–Crippen MR) is 127 cm³/mol. The fraction of sp³-hybridized carbons (Fsp3) is 0.292. The van der Waals surface area contributed by atoms with Crippen LogP contribution in [0.1, 0.15) is 37.7 Å². The molecule has 0 saturated carbocycles. The van der Waals surface area contributed by atoms with Crippen molar-refractivity contribution in [2.24, 2.45) is 5.73 Å². The number of fused-ring (bicyclic) bond motifs is 2. The van der Waals surface area contributed by atoms with Crippen molar-refractivity contribution in [3.8, 4) is 0 Å². The van der Waals surface area contributed by atoms with Gasteiger partial charge >= 0.3 is 6.09 Å². The van der Waals surface area contributed by atoms with Crippen LogP contribution in [0.5, 0.6) is 0 Å². The molecule has 0 saturated heterocycles. The molecule has 8 nitrogen and oxygen atoms in total. The van der Waals surface area contributed by atoms with Gasteiger partial charge < -0.3 is 24.6 Å². The van der Waals surface area contributed by atoms with E-state index in [0.29, 0.717) is 13.1 Å². The van der Waals surface area contributed by atoms with E-state index >= 15 is 0 Å². The lowest BCUT2D eigenvalue weighted by atomic mass is 10.2. The van der Waals surface area contributed by atoms with Crippen LogP contribution in [0.15, 0.2) is 68.5 Å². The van der Waals surface area contributed by atoms with E-state index in [9.17, 15) is 4.79 Å². The lowest BCUT2D eigenvalue weighted by Gasteiger charge is -2.19. The molecule has 0 radical (unpaired) electrons. The zero-order valence-corrected chi connectivity index (χ0v) is 19.2. The molecule has 4 rings (SSSR count). The minimum Gasteiger partial charge on any atom is -0.444 e. The fourth-order valence-electron chi connectivity index (χ4n) is 3.04. The molecule has 0 aliphatic rings. The minimum atomic E-state index is -0.481. The Kier molecular flexibility index (Phi) is 8.54. The van der Waals surface area contributed by atoms with Crippen molar-refractivity contribution in [2.45, 2.75) is 46.4 Å². The molecule has 1 amide bonds. The van der Waals surface area contributed by atoms with E-state index in [2.05, 4.69) is 41.4 Å². The monoisotopic (exact) mass is 436 g/mol. The molecule has 32 heavy (non-hydrogen) atoms. The topological polar surface area (TPSA) is 98.9 Å². The Labute approximate surface area is 188 Å². The zero-order chi connectivity index (χ0) is 23.7. The van der Waals surface area contributed by atoms with Crippen molar-refractivity contribution in [3.63, 3.8) is 0 Å². The Morgan fingerprint density at radius 3 is 2.31 bits per heavy atom. The normalized spacial score (nSPS) is 10.7. The van der Waals surface area contributed by atoms with Gasteiger partial charge in [-0.2, -0.15) is 0 Å². The molecule has 170 valence electrons. The van der Waals surface area contributed by atoms with Crippen LogP contribution in [0, 0.1) is 6.92 Å². The molecule has 4 aromatic heterocycles. The van der Waals surface area contributed by atoms with Gasteiger partial charge in [0.25, 0.3) is 0 Å². The number of carbonyl (C=O) groups is 1. The quantitative estimate of drug-likeness (QED) is 0.468. The number of pyridine rings is 2. The molecule has 8 heteroatoms. The minimum absolute atomic E-state index is 0.405. The van der Waals surface area contributed by atoms with Gasteiger partial charge in [0.05, 0.1) is 42.6 Å².